The second-order valence-corrected chi connectivity index (χ2v) is 5.02. The molecule has 0 aromatic rings. The maximum atomic E-state index is 10.6. The lowest BCUT2D eigenvalue weighted by Crippen LogP contribution is -2.25. The zero-order chi connectivity index (χ0) is 11.3. The van der Waals surface area contributed by atoms with Crippen molar-refractivity contribution >= 4 is 7.82 Å². The molecule has 90 valence electrons. The molecule has 1 aliphatic carbocycles. The van der Waals surface area contributed by atoms with E-state index in [1.54, 1.807) is 6.92 Å². The minimum absolute atomic E-state index is 0.0928. The lowest BCUT2D eigenvalue weighted by Gasteiger charge is -2.26. The quantitative estimate of drug-likeness (QED) is 0.567. The van der Waals surface area contributed by atoms with E-state index < -0.39 is 14.1 Å². The van der Waals surface area contributed by atoms with Gasteiger partial charge in [-0.25, -0.2) is 4.57 Å². The summed E-state index contributed by atoms with van der Waals surface area (Å²) in [7, 11) is -4.43. The van der Waals surface area contributed by atoms with E-state index in [1.165, 1.54) is 6.42 Å². The molecule has 2 N–H and O–H groups in total. The molecule has 5 nitrogen and oxygen atoms in total. The maximum absolute atomic E-state index is 10.6. The number of hydrogen-bond acceptors (Lipinski definition) is 3. The molecule has 0 saturated heterocycles. The fraction of sp³-hybridized carbons (Fsp3) is 1.00. The highest BCUT2D eigenvalue weighted by Gasteiger charge is 2.25. The molecule has 1 rings (SSSR count). The smallest absolute Gasteiger partial charge is 0.349 e. The summed E-state index contributed by atoms with van der Waals surface area (Å²) < 4.78 is 20.7. The van der Waals surface area contributed by atoms with Gasteiger partial charge in [-0.1, -0.05) is 26.2 Å². The van der Waals surface area contributed by atoms with Crippen LogP contribution in [0.3, 0.4) is 0 Å². The molecule has 0 aromatic carbocycles. The summed E-state index contributed by atoms with van der Waals surface area (Å²) in [5.41, 5.74) is 0. The lowest BCUT2D eigenvalue weighted by atomic mass is 9.98. The van der Waals surface area contributed by atoms with E-state index in [0.717, 1.165) is 25.7 Å². The van der Waals surface area contributed by atoms with Gasteiger partial charge in [-0.2, -0.15) is 0 Å². The molecule has 1 aliphatic rings. The Bertz CT molecular complexity index is 221. The number of phosphoric acid groups is 1. The SMILES string of the molecule is CCC(OC1CCCCC1)OP(=O)(O)O. The zero-order valence-electron chi connectivity index (χ0n) is 8.96. The molecule has 15 heavy (non-hydrogen) atoms. The minimum Gasteiger partial charge on any atom is -0.349 e. The fourth-order valence-electron chi connectivity index (χ4n) is 1.76. The summed E-state index contributed by atoms with van der Waals surface area (Å²) in [6.07, 6.45) is 5.14. The van der Waals surface area contributed by atoms with Crippen molar-refractivity contribution in [1.29, 1.82) is 0 Å². The van der Waals surface area contributed by atoms with Gasteiger partial charge in [0.15, 0.2) is 6.29 Å². The van der Waals surface area contributed by atoms with Gasteiger partial charge in [0.1, 0.15) is 0 Å². The van der Waals surface area contributed by atoms with Crippen molar-refractivity contribution in [3.63, 3.8) is 0 Å². The Morgan fingerprint density at radius 1 is 1.33 bits per heavy atom. The lowest BCUT2D eigenvalue weighted by molar-refractivity contribution is -0.137. The first kappa shape index (κ1) is 13.1. The predicted molar refractivity (Wildman–Crippen MR) is 55.2 cm³/mol. The number of rotatable bonds is 5. The minimum atomic E-state index is -4.43. The molecule has 1 fully saturated rings. The highest BCUT2D eigenvalue weighted by molar-refractivity contribution is 7.46. The largest absolute Gasteiger partial charge is 0.471 e. The van der Waals surface area contributed by atoms with E-state index in [2.05, 4.69) is 4.52 Å². The van der Waals surface area contributed by atoms with Crippen LogP contribution >= 0.6 is 7.82 Å². The number of hydrogen-bond donors (Lipinski definition) is 2. The average Bonchev–Trinajstić information content (AvgIpc) is 2.16. The molecule has 6 heteroatoms. The van der Waals surface area contributed by atoms with Gasteiger partial charge < -0.3 is 14.5 Å². The molecule has 0 radical (unpaired) electrons. The summed E-state index contributed by atoms with van der Waals surface area (Å²) in [5.74, 6) is 0. The Morgan fingerprint density at radius 3 is 2.40 bits per heavy atom. The first-order chi connectivity index (χ1) is 7.01. The molecule has 0 spiro atoms. The first-order valence-corrected chi connectivity index (χ1v) is 6.93. The van der Waals surface area contributed by atoms with E-state index in [4.69, 9.17) is 14.5 Å². The molecular formula is C9H19O5P. The summed E-state index contributed by atoms with van der Waals surface area (Å²) in [4.78, 5) is 17.3. The Balaban J connectivity index is 2.35. The molecule has 1 unspecified atom stereocenters. The molecule has 0 bridgehead atoms. The standard InChI is InChI=1S/C9H19O5P/c1-2-9(14-15(10,11)12)13-8-6-4-3-5-7-8/h8-9H,2-7H2,1H3,(H2,10,11,12). The first-order valence-electron chi connectivity index (χ1n) is 5.40. The van der Waals surface area contributed by atoms with Crippen LogP contribution in [0.4, 0.5) is 0 Å². The van der Waals surface area contributed by atoms with Crippen LogP contribution in [0, 0.1) is 0 Å². The van der Waals surface area contributed by atoms with Gasteiger partial charge in [0.2, 0.25) is 0 Å². The summed E-state index contributed by atoms with van der Waals surface area (Å²) in [6.45, 7) is 1.78. The third kappa shape index (κ3) is 5.64. The van der Waals surface area contributed by atoms with Crippen LogP contribution < -0.4 is 0 Å². The van der Waals surface area contributed by atoms with Crippen LogP contribution in [0.2, 0.25) is 0 Å². The van der Waals surface area contributed by atoms with Gasteiger partial charge in [0.05, 0.1) is 6.10 Å². The fourth-order valence-corrected chi connectivity index (χ4v) is 2.27. The monoisotopic (exact) mass is 238 g/mol. The molecule has 0 aliphatic heterocycles. The van der Waals surface area contributed by atoms with Gasteiger partial charge in [-0.15, -0.1) is 0 Å². The molecular weight excluding hydrogens is 219 g/mol. The second kappa shape index (κ2) is 5.97. The van der Waals surface area contributed by atoms with Crippen LogP contribution in [-0.4, -0.2) is 22.2 Å². The van der Waals surface area contributed by atoms with Crippen molar-refractivity contribution < 1.29 is 23.6 Å². The van der Waals surface area contributed by atoms with Gasteiger partial charge in [0, 0.05) is 0 Å². The Morgan fingerprint density at radius 2 is 1.93 bits per heavy atom. The Kier molecular flexibility index (Phi) is 5.23. The van der Waals surface area contributed by atoms with E-state index in [1.807, 2.05) is 0 Å². The molecule has 1 atom stereocenters. The highest BCUT2D eigenvalue weighted by Crippen LogP contribution is 2.39. The van der Waals surface area contributed by atoms with Crippen LogP contribution in [0.1, 0.15) is 45.4 Å². The normalized spacial score (nSPS) is 21.5. The van der Waals surface area contributed by atoms with Crippen LogP contribution in [0.15, 0.2) is 0 Å². The molecule has 0 amide bonds. The van der Waals surface area contributed by atoms with E-state index >= 15 is 0 Å². The third-order valence-corrected chi connectivity index (χ3v) is 2.99. The number of phosphoric ester groups is 1. The van der Waals surface area contributed by atoms with Crippen LogP contribution in [0.25, 0.3) is 0 Å². The van der Waals surface area contributed by atoms with Gasteiger partial charge in [0.25, 0.3) is 0 Å². The van der Waals surface area contributed by atoms with E-state index in [9.17, 15) is 4.57 Å². The van der Waals surface area contributed by atoms with Crippen molar-refractivity contribution in [1.82, 2.24) is 0 Å². The van der Waals surface area contributed by atoms with Gasteiger partial charge in [-0.05, 0) is 19.3 Å². The number of ether oxygens (including phenoxy) is 1. The topological polar surface area (TPSA) is 76.0 Å². The second-order valence-electron chi connectivity index (χ2n) is 3.83. The summed E-state index contributed by atoms with van der Waals surface area (Å²) >= 11 is 0. The van der Waals surface area contributed by atoms with E-state index in [-0.39, 0.29) is 6.10 Å². The zero-order valence-corrected chi connectivity index (χ0v) is 9.86. The van der Waals surface area contributed by atoms with Crippen molar-refractivity contribution in [3.05, 3.63) is 0 Å². The molecule has 0 aromatic heterocycles. The van der Waals surface area contributed by atoms with Crippen LogP contribution in [0.5, 0.6) is 0 Å². The van der Waals surface area contributed by atoms with Gasteiger partial charge >= 0.3 is 7.82 Å². The summed E-state index contributed by atoms with van der Waals surface area (Å²) in [6, 6.07) is 0. The predicted octanol–water partition coefficient (Wildman–Crippen LogP) is 2.18. The Labute approximate surface area is 90.0 Å². The van der Waals surface area contributed by atoms with Crippen molar-refractivity contribution in [3.8, 4) is 0 Å². The maximum Gasteiger partial charge on any atom is 0.471 e. The molecule has 1 saturated carbocycles. The van der Waals surface area contributed by atoms with Crippen molar-refractivity contribution in [2.45, 2.75) is 57.8 Å². The van der Waals surface area contributed by atoms with Gasteiger partial charge in [-0.3, -0.25) is 4.52 Å². The van der Waals surface area contributed by atoms with Crippen molar-refractivity contribution in [2.75, 3.05) is 0 Å². The average molecular weight is 238 g/mol. The third-order valence-electron chi connectivity index (χ3n) is 2.48. The van der Waals surface area contributed by atoms with Crippen molar-refractivity contribution in [2.24, 2.45) is 0 Å². The summed E-state index contributed by atoms with van der Waals surface area (Å²) in [5, 5.41) is 0. The molecule has 0 heterocycles. The Hall–Kier alpha value is 0.0700. The highest BCUT2D eigenvalue weighted by atomic mass is 31.2. The van der Waals surface area contributed by atoms with E-state index in [0.29, 0.717) is 6.42 Å². The van der Waals surface area contributed by atoms with Crippen LogP contribution in [-0.2, 0) is 13.8 Å².